The van der Waals surface area contributed by atoms with Crippen LogP contribution in [0.5, 0.6) is 11.5 Å². The molecule has 1 atom stereocenters. The van der Waals surface area contributed by atoms with E-state index in [2.05, 4.69) is 0 Å². The first-order valence-electron chi connectivity index (χ1n) is 12.1. The third-order valence-electron chi connectivity index (χ3n) is 5.93. The van der Waals surface area contributed by atoms with Gasteiger partial charge >= 0.3 is 0 Å². The van der Waals surface area contributed by atoms with Crippen LogP contribution in [-0.4, -0.2) is 52.7 Å². The van der Waals surface area contributed by atoms with Gasteiger partial charge in [0.25, 0.3) is 11.7 Å². The van der Waals surface area contributed by atoms with Crippen LogP contribution >= 0.6 is 0 Å². The number of phenolic OH excluding ortho intramolecular Hbond substituents is 1. The lowest BCUT2D eigenvalue weighted by Crippen LogP contribution is -2.31. The summed E-state index contributed by atoms with van der Waals surface area (Å²) in [6.07, 6.45) is 0.586. The molecule has 1 aliphatic rings. The summed E-state index contributed by atoms with van der Waals surface area (Å²) in [5.41, 5.74) is 1.88. The molecule has 1 fully saturated rings. The van der Waals surface area contributed by atoms with Gasteiger partial charge in [-0.2, -0.15) is 0 Å². The maximum atomic E-state index is 13.2. The van der Waals surface area contributed by atoms with Crippen molar-refractivity contribution in [2.75, 3.05) is 19.8 Å². The molecule has 3 rings (SSSR count). The zero-order valence-electron chi connectivity index (χ0n) is 21.1. The largest absolute Gasteiger partial charge is 0.508 e. The van der Waals surface area contributed by atoms with Crippen LogP contribution in [0.15, 0.2) is 48.0 Å². The molecule has 0 spiro atoms. The number of amides is 1. The number of nitrogens with zero attached hydrogens (tertiary/aromatic N) is 1. The van der Waals surface area contributed by atoms with Crippen molar-refractivity contribution < 1.29 is 29.3 Å². The average Bonchev–Trinajstić information content (AvgIpc) is 3.06. The standard InChI is InChI=1S/C28H35NO6/c1-6-34-23-12-11-20(16-22(23)17(2)3)26(31)24-25(19-9-7-10-21(30)15-19)29(28(33)27(24)32)13-8-14-35-18(4)5/h7,9-12,15-18,25,30-31H,6,8,13-14H2,1-5H3/b26-24-. The van der Waals surface area contributed by atoms with Crippen molar-refractivity contribution in [1.82, 2.24) is 4.90 Å². The van der Waals surface area contributed by atoms with Crippen molar-refractivity contribution >= 4 is 17.4 Å². The van der Waals surface area contributed by atoms with Crippen LogP contribution in [0, 0.1) is 0 Å². The number of Topliss-reactive ketones (excluding diaryl/α,β-unsaturated/α-hetero) is 1. The lowest BCUT2D eigenvalue weighted by Gasteiger charge is -2.25. The van der Waals surface area contributed by atoms with E-state index in [4.69, 9.17) is 9.47 Å². The fourth-order valence-electron chi connectivity index (χ4n) is 4.30. The van der Waals surface area contributed by atoms with E-state index in [1.54, 1.807) is 30.3 Å². The number of aliphatic hydroxyl groups excluding tert-OH is 1. The van der Waals surface area contributed by atoms with Gasteiger partial charge in [0.05, 0.1) is 24.3 Å². The summed E-state index contributed by atoms with van der Waals surface area (Å²) >= 11 is 0. The first-order chi connectivity index (χ1) is 16.6. The summed E-state index contributed by atoms with van der Waals surface area (Å²) in [5, 5.41) is 21.4. The topological polar surface area (TPSA) is 96.3 Å². The van der Waals surface area contributed by atoms with E-state index >= 15 is 0 Å². The average molecular weight is 482 g/mol. The fraction of sp³-hybridized carbons (Fsp3) is 0.429. The highest BCUT2D eigenvalue weighted by Gasteiger charge is 2.46. The van der Waals surface area contributed by atoms with Crippen LogP contribution in [0.2, 0.25) is 0 Å². The Bertz CT molecular complexity index is 1100. The third kappa shape index (κ3) is 5.85. The molecule has 0 aliphatic carbocycles. The SMILES string of the molecule is CCOc1ccc(/C(O)=C2/C(=O)C(=O)N(CCCOC(C)C)C2c2cccc(O)c2)cc1C(C)C. The van der Waals surface area contributed by atoms with Gasteiger partial charge in [0.1, 0.15) is 17.3 Å². The van der Waals surface area contributed by atoms with E-state index in [0.29, 0.717) is 36.5 Å². The number of aliphatic hydroxyl groups is 1. The summed E-state index contributed by atoms with van der Waals surface area (Å²) in [5.74, 6) is -0.828. The van der Waals surface area contributed by atoms with Crippen LogP contribution in [0.25, 0.3) is 5.76 Å². The van der Waals surface area contributed by atoms with Crippen LogP contribution in [0.4, 0.5) is 0 Å². The summed E-state index contributed by atoms with van der Waals surface area (Å²) in [7, 11) is 0. The molecule has 1 aliphatic heterocycles. The highest BCUT2D eigenvalue weighted by molar-refractivity contribution is 6.46. The quantitative estimate of drug-likeness (QED) is 0.211. The maximum Gasteiger partial charge on any atom is 0.295 e. The first-order valence-corrected chi connectivity index (χ1v) is 12.1. The van der Waals surface area contributed by atoms with Crippen LogP contribution < -0.4 is 4.74 Å². The summed E-state index contributed by atoms with van der Waals surface area (Å²) in [6, 6.07) is 10.9. The van der Waals surface area contributed by atoms with Gasteiger partial charge in [-0.1, -0.05) is 26.0 Å². The molecule has 35 heavy (non-hydrogen) atoms. The van der Waals surface area contributed by atoms with Crippen LogP contribution in [0.1, 0.15) is 69.7 Å². The van der Waals surface area contributed by atoms with Gasteiger partial charge < -0.3 is 24.6 Å². The number of aromatic hydroxyl groups is 1. The second kappa shape index (κ2) is 11.4. The maximum absolute atomic E-state index is 13.2. The van der Waals surface area contributed by atoms with Gasteiger partial charge in [-0.15, -0.1) is 0 Å². The van der Waals surface area contributed by atoms with Crippen LogP contribution in [0.3, 0.4) is 0 Å². The Morgan fingerprint density at radius 1 is 1.09 bits per heavy atom. The summed E-state index contributed by atoms with van der Waals surface area (Å²) in [6.45, 7) is 11.0. The number of rotatable bonds is 10. The van der Waals surface area contributed by atoms with Crippen molar-refractivity contribution in [2.45, 2.75) is 59.1 Å². The van der Waals surface area contributed by atoms with Gasteiger partial charge in [0.15, 0.2) is 0 Å². The molecule has 2 N–H and O–H groups in total. The van der Waals surface area contributed by atoms with Gasteiger partial charge in [0.2, 0.25) is 0 Å². The number of carbonyl (C=O) groups excluding carboxylic acids is 2. The molecule has 1 amide bonds. The molecule has 7 heteroatoms. The van der Waals surface area contributed by atoms with Gasteiger partial charge in [-0.05, 0) is 74.6 Å². The van der Waals surface area contributed by atoms with Crippen LogP contribution in [-0.2, 0) is 14.3 Å². The van der Waals surface area contributed by atoms with Gasteiger partial charge in [-0.3, -0.25) is 9.59 Å². The lowest BCUT2D eigenvalue weighted by atomic mass is 9.93. The molecule has 1 unspecified atom stereocenters. The van der Waals surface area contributed by atoms with Crippen molar-refractivity contribution in [1.29, 1.82) is 0 Å². The highest BCUT2D eigenvalue weighted by atomic mass is 16.5. The van der Waals surface area contributed by atoms with Crippen molar-refractivity contribution in [3.8, 4) is 11.5 Å². The number of phenols is 1. The van der Waals surface area contributed by atoms with E-state index in [9.17, 15) is 19.8 Å². The zero-order chi connectivity index (χ0) is 25.7. The number of benzene rings is 2. The molecular weight excluding hydrogens is 446 g/mol. The predicted octanol–water partition coefficient (Wildman–Crippen LogP) is 5.15. The molecule has 0 radical (unpaired) electrons. The second-order valence-electron chi connectivity index (χ2n) is 9.20. The minimum Gasteiger partial charge on any atom is -0.508 e. The van der Waals surface area contributed by atoms with E-state index in [1.807, 2.05) is 34.6 Å². The minimum atomic E-state index is -0.824. The summed E-state index contributed by atoms with van der Waals surface area (Å²) in [4.78, 5) is 27.7. The molecule has 2 aromatic rings. The number of ether oxygens (including phenoxy) is 2. The monoisotopic (exact) mass is 481 g/mol. The Morgan fingerprint density at radius 2 is 1.83 bits per heavy atom. The minimum absolute atomic E-state index is 0.00393. The molecular formula is C28H35NO6. The Labute approximate surface area is 207 Å². The smallest absolute Gasteiger partial charge is 0.295 e. The second-order valence-corrected chi connectivity index (χ2v) is 9.20. The number of likely N-dealkylation sites (tertiary alicyclic amines) is 1. The predicted molar refractivity (Wildman–Crippen MR) is 135 cm³/mol. The molecule has 7 nitrogen and oxygen atoms in total. The molecule has 1 heterocycles. The number of carbonyl (C=O) groups is 2. The Kier molecular flexibility index (Phi) is 8.57. The Balaban J connectivity index is 2.09. The van der Waals surface area contributed by atoms with E-state index in [0.717, 1.165) is 5.56 Å². The third-order valence-corrected chi connectivity index (χ3v) is 5.93. The van der Waals surface area contributed by atoms with Gasteiger partial charge in [-0.25, -0.2) is 0 Å². The Hall–Kier alpha value is -3.32. The molecule has 0 bridgehead atoms. The van der Waals surface area contributed by atoms with Crippen molar-refractivity contribution in [3.63, 3.8) is 0 Å². The van der Waals surface area contributed by atoms with E-state index < -0.39 is 17.7 Å². The molecule has 0 aromatic heterocycles. The highest BCUT2D eigenvalue weighted by Crippen LogP contribution is 2.41. The zero-order valence-corrected chi connectivity index (χ0v) is 21.1. The van der Waals surface area contributed by atoms with Crippen molar-refractivity contribution in [3.05, 3.63) is 64.7 Å². The fourth-order valence-corrected chi connectivity index (χ4v) is 4.30. The summed E-state index contributed by atoms with van der Waals surface area (Å²) < 4.78 is 11.3. The first kappa shape index (κ1) is 26.3. The molecule has 0 saturated carbocycles. The van der Waals surface area contributed by atoms with Crippen molar-refractivity contribution in [2.24, 2.45) is 0 Å². The number of hydrogen-bond acceptors (Lipinski definition) is 6. The molecule has 2 aromatic carbocycles. The number of ketones is 1. The Morgan fingerprint density at radius 3 is 2.46 bits per heavy atom. The number of hydrogen-bond donors (Lipinski definition) is 2. The van der Waals surface area contributed by atoms with Gasteiger partial charge in [0, 0.05) is 18.7 Å². The normalized spacial score (nSPS) is 17.6. The lowest BCUT2D eigenvalue weighted by molar-refractivity contribution is -0.140. The molecule has 188 valence electrons. The molecule has 1 saturated heterocycles. The van der Waals surface area contributed by atoms with E-state index in [-0.39, 0.29) is 35.6 Å². The van der Waals surface area contributed by atoms with E-state index in [1.165, 1.54) is 17.0 Å².